The van der Waals surface area contributed by atoms with E-state index in [-0.39, 0.29) is 24.0 Å². The topological polar surface area (TPSA) is 30.9 Å². The van der Waals surface area contributed by atoms with Crippen molar-refractivity contribution in [1.82, 2.24) is 15.1 Å². The number of likely N-dealkylation sites (N-methyl/N-ethyl adjacent to an activating group) is 1. The summed E-state index contributed by atoms with van der Waals surface area (Å²) in [7, 11) is 1.91. The lowest BCUT2D eigenvalue weighted by molar-refractivity contribution is 0.279. The summed E-state index contributed by atoms with van der Waals surface area (Å²) < 4.78 is 0. The summed E-state index contributed by atoms with van der Waals surface area (Å²) in [5.41, 5.74) is 0. The molecule has 1 atom stereocenters. The van der Waals surface area contributed by atoms with E-state index in [2.05, 4.69) is 52.6 Å². The van der Waals surface area contributed by atoms with Crippen molar-refractivity contribution in [3.05, 3.63) is 0 Å². The third kappa shape index (κ3) is 6.07. The van der Waals surface area contributed by atoms with Gasteiger partial charge >= 0.3 is 0 Å². The molecule has 0 radical (unpaired) electrons. The molecule has 2 fully saturated rings. The van der Waals surface area contributed by atoms with Gasteiger partial charge in [-0.15, -0.1) is 24.0 Å². The number of guanidine groups is 1. The van der Waals surface area contributed by atoms with Crippen molar-refractivity contribution in [1.29, 1.82) is 0 Å². The van der Waals surface area contributed by atoms with Crippen LogP contribution < -0.4 is 5.32 Å². The first-order valence-electron chi connectivity index (χ1n) is 8.47. The van der Waals surface area contributed by atoms with Crippen LogP contribution in [0, 0.1) is 5.92 Å². The van der Waals surface area contributed by atoms with Crippen LogP contribution >= 0.6 is 35.7 Å². The van der Waals surface area contributed by atoms with Crippen molar-refractivity contribution >= 4 is 41.7 Å². The summed E-state index contributed by atoms with van der Waals surface area (Å²) in [6.45, 7) is 12.5. The SMILES string of the molecule is CCN(CCNC(=NC)N1CCSC(C(C)C)C1)C1CC1.I. The highest BCUT2D eigenvalue weighted by Gasteiger charge is 2.28. The Morgan fingerprint density at radius 2 is 2.14 bits per heavy atom. The molecule has 1 saturated carbocycles. The molecule has 0 aromatic heterocycles. The Morgan fingerprint density at radius 1 is 1.41 bits per heavy atom. The fourth-order valence-electron chi connectivity index (χ4n) is 2.95. The predicted octanol–water partition coefficient (Wildman–Crippen LogP) is 2.74. The lowest BCUT2D eigenvalue weighted by atomic mass is 10.1. The van der Waals surface area contributed by atoms with Gasteiger partial charge in [-0.25, -0.2) is 0 Å². The highest BCUT2D eigenvalue weighted by Crippen LogP contribution is 2.26. The maximum Gasteiger partial charge on any atom is 0.193 e. The van der Waals surface area contributed by atoms with Crippen LogP contribution in [0.3, 0.4) is 0 Å². The molecule has 0 bridgehead atoms. The van der Waals surface area contributed by atoms with Crippen molar-refractivity contribution < 1.29 is 0 Å². The van der Waals surface area contributed by atoms with Crippen LogP contribution in [0.2, 0.25) is 0 Å². The normalized spacial score (nSPS) is 22.9. The Hall–Kier alpha value is 0.310. The number of nitrogens with zero attached hydrogens (tertiary/aromatic N) is 3. The Balaban J connectivity index is 0.00000242. The lowest BCUT2D eigenvalue weighted by Crippen LogP contribution is -2.50. The van der Waals surface area contributed by atoms with E-state index in [0.29, 0.717) is 0 Å². The third-order valence-electron chi connectivity index (χ3n) is 4.50. The van der Waals surface area contributed by atoms with E-state index in [1.165, 1.54) is 25.1 Å². The molecular weight excluding hydrogens is 407 g/mol. The van der Waals surface area contributed by atoms with Gasteiger partial charge in [-0.3, -0.25) is 9.89 Å². The number of nitrogens with one attached hydrogen (secondary N) is 1. The van der Waals surface area contributed by atoms with Gasteiger partial charge in [0.25, 0.3) is 0 Å². The standard InChI is InChI=1S/C16H32N4S.HI/c1-5-19(14-6-7-14)9-8-18-16(17-4)20-10-11-21-15(12-20)13(2)3;/h13-15H,5-12H2,1-4H3,(H,17,18);1H. The number of hydrogen-bond donors (Lipinski definition) is 1. The lowest BCUT2D eigenvalue weighted by Gasteiger charge is -2.36. The van der Waals surface area contributed by atoms with E-state index in [9.17, 15) is 0 Å². The van der Waals surface area contributed by atoms with Gasteiger partial charge in [0.1, 0.15) is 0 Å². The van der Waals surface area contributed by atoms with Gasteiger partial charge in [-0.2, -0.15) is 11.8 Å². The summed E-state index contributed by atoms with van der Waals surface area (Å²) in [5, 5.41) is 4.30. The molecule has 0 amide bonds. The Kier molecular flexibility index (Phi) is 9.47. The molecule has 4 nitrogen and oxygen atoms in total. The first-order chi connectivity index (χ1) is 10.2. The maximum absolute atomic E-state index is 4.49. The average molecular weight is 440 g/mol. The van der Waals surface area contributed by atoms with Crippen molar-refractivity contribution in [2.24, 2.45) is 10.9 Å². The van der Waals surface area contributed by atoms with Crippen molar-refractivity contribution in [3.8, 4) is 0 Å². The van der Waals surface area contributed by atoms with Crippen LogP contribution in [0.4, 0.5) is 0 Å². The van der Waals surface area contributed by atoms with Gasteiger partial charge in [0.2, 0.25) is 0 Å². The van der Waals surface area contributed by atoms with Crippen LogP contribution in [-0.4, -0.2) is 72.6 Å². The zero-order chi connectivity index (χ0) is 15.2. The maximum atomic E-state index is 4.49. The number of thioether (sulfide) groups is 1. The fraction of sp³-hybridized carbons (Fsp3) is 0.938. The number of aliphatic imine (C=N–C) groups is 1. The molecule has 1 N–H and O–H groups in total. The van der Waals surface area contributed by atoms with Gasteiger partial charge in [-0.1, -0.05) is 20.8 Å². The van der Waals surface area contributed by atoms with Crippen LogP contribution in [0.5, 0.6) is 0 Å². The molecule has 0 aromatic carbocycles. The first-order valence-corrected chi connectivity index (χ1v) is 9.51. The fourth-order valence-corrected chi connectivity index (χ4v) is 4.25. The second-order valence-corrected chi connectivity index (χ2v) is 7.78. The van der Waals surface area contributed by atoms with E-state index in [0.717, 1.165) is 49.3 Å². The molecule has 2 aliphatic rings. The second-order valence-electron chi connectivity index (χ2n) is 6.43. The molecular formula is C16H33IN4S. The summed E-state index contributed by atoms with van der Waals surface area (Å²) in [6, 6.07) is 0.857. The molecule has 1 heterocycles. The van der Waals surface area contributed by atoms with Crippen LogP contribution in [0.15, 0.2) is 4.99 Å². The molecule has 2 rings (SSSR count). The third-order valence-corrected chi connectivity index (χ3v) is 6.04. The highest BCUT2D eigenvalue weighted by atomic mass is 127. The highest BCUT2D eigenvalue weighted by molar-refractivity contribution is 14.0. The monoisotopic (exact) mass is 440 g/mol. The molecule has 1 unspecified atom stereocenters. The minimum absolute atomic E-state index is 0. The molecule has 0 aromatic rings. The van der Waals surface area contributed by atoms with E-state index in [4.69, 9.17) is 0 Å². The van der Waals surface area contributed by atoms with Crippen molar-refractivity contribution in [2.75, 3.05) is 45.5 Å². The van der Waals surface area contributed by atoms with Crippen LogP contribution in [0.1, 0.15) is 33.6 Å². The summed E-state index contributed by atoms with van der Waals surface area (Å²) in [5.74, 6) is 3.04. The summed E-state index contributed by atoms with van der Waals surface area (Å²) in [6.07, 6.45) is 2.78. The van der Waals surface area contributed by atoms with Gasteiger partial charge in [0.05, 0.1) is 0 Å². The van der Waals surface area contributed by atoms with Gasteiger partial charge in [0.15, 0.2) is 5.96 Å². The molecule has 6 heteroatoms. The van der Waals surface area contributed by atoms with E-state index >= 15 is 0 Å². The van der Waals surface area contributed by atoms with E-state index < -0.39 is 0 Å². The van der Waals surface area contributed by atoms with Crippen LogP contribution in [0.25, 0.3) is 0 Å². The predicted molar refractivity (Wildman–Crippen MR) is 110 cm³/mol. The second kappa shape index (κ2) is 10.2. The van der Waals surface area contributed by atoms with Crippen LogP contribution in [-0.2, 0) is 0 Å². The van der Waals surface area contributed by atoms with Gasteiger partial charge in [0, 0.05) is 50.3 Å². The summed E-state index contributed by atoms with van der Waals surface area (Å²) >= 11 is 2.11. The largest absolute Gasteiger partial charge is 0.355 e. The molecule has 22 heavy (non-hydrogen) atoms. The molecule has 1 aliphatic heterocycles. The quantitative estimate of drug-likeness (QED) is 0.391. The number of rotatable bonds is 6. The van der Waals surface area contributed by atoms with Crippen molar-refractivity contribution in [2.45, 2.75) is 44.9 Å². The van der Waals surface area contributed by atoms with Gasteiger partial charge < -0.3 is 10.2 Å². The van der Waals surface area contributed by atoms with Crippen molar-refractivity contribution in [3.63, 3.8) is 0 Å². The minimum atomic E-state index is 0. The van der Waals surface area contributed by atoms with E-state index in [1.54, 1.807) is 0 Å². The smallest absolute Gasteiger partial charge is 0.193 e. The molecule has 0 spiro atoms. The van der Waals surface area contributed by atoms with E-state index in [1.807, 2.05) is 7.05 Å². The Labute approximate surface area is 157 Å². The number of hydrogen-bond acceptors (Lipinski definition) is 3. The molecule has 130 valence electrons. The first kappa shape index (κ1) is 20.4. The average Bonchev–Trinajstić information content (AvgIpc) is 3.32. The zero-order valence-electron chi connectivity index (χ0n) is 14.5. The zero-order valence-corrected chi connectivity index (χ0v) is 17.7. The summed E-state index contributed by atoms with van der Waals surface area (Å²) in [4.78, 5) is 9.52. The van der Waals surface area contributed by atoms with Gasteiger partial charge in [-0.05, 0) is 25.3 Å². The minimum Gasteiger partial charge on any atom is -0.355 e. The Morgan fingerprint density at radius 3 is 2.68 bits per heavy atom. The Bertz CT molecular complexity index is 347. The molecule has 1 saturated heterocycles. The molecule has 1 aliphatic carbocycles. The number of halogens is 1.